The summed E-state index contributed by atoms with van der Waals surface area (Å²) in [6, 6.07) is 10.2. The summed E-state index contributed by atoms with van der Waals surface area (Å²) in [5, 5.41) is 7.51. The van der Waals surface area contributed by atoms with Gasteiger partial charge in [0.05, 0.1) is 28.0 Å². The van der Waals surface area contributed by atoms with E-state index in [9.17, 15) is 8.42 Å². The summed E-state index contributed by atoms with van der Waals surface area (Å²) in [7, 11) is -3.75. The lowest BCUT2D eigenvalue weighted by molar-refractivity contribution is 0.585. The molecule has 1 aliphatic rings. The van der Waals surface area contributed by atoms with Crippen LogP contribution in [0.2, 0.25) is 15.1 Å². The third kappa shape index (κ3) is 4.71. The molecule has 2 aromatic carbocycles. The van der Waals surface area contributed by atoms with Crippen molar-refractivity contribution in [3.05, 3.63) is 57.0 Å². The van der Waals surface area contributed by atoms with Crippen LogP contribution in [0.25, 0.3) is 0 Å². The van der Waals surface area contributed by atoms with E-state index in [4.69, 9.17) is 34.8 Å². The second kappa shape index (κ2) is 8.42. The summed E-state index contributed by atoms with van der Waals surface area (Å²) in [5.41, 5.74) is 2.01. The van der Waals surface area contributed by atoms with Gasteiger partial charge in [0.2, 0.25) is 10.0 Å². The Labute approximate surface area is 186 Å². The van der Waals surface area contributed by atoms with Crippen molar-refractivity contribution in [3.8, 4) is 0 Å². The van der Waals surface area contributed by atoms with Gasteiger partial charge in [0.25, 0.3) is 0 Å². The molecule has 0 aromatic heterocycles. The summed E-state index contributed by atoms with van der Waals surface area (Å²) < 4.78 is 27.9. The molecule has 10 heteroatoms. The maximum atomic E-state index is 12.7. The predicted molar refractivity (Wildman–Crippen MR) is 120 cm³/mol. The van der Waals surface area contributed by atoms with E-state index in [-0.39, 0.29) is 20.5 Å². The molecule has 1 atom stereocenters. The molecule has 0 saturated carbocycles. The Bertz CT molecular complexity index is 994. The van der Waals surface area contributed by atoms with Gasteiger partial charge in [0.1, 0.15) is 8.94 Å². The minimum Gasteiger partial charge on any atom is -0.251 e. The average molecular weight is 559 g/mol. The van der Waals surface area contributed by atoms with Gasteiger partial charge in [0, 0.05) is 11.4 Å². The molecule has 0 radical (unpaired) electrons. The Kier molecular flexibility index (Phi) is 6.59. The zero-order chi connectivity index (χ0) is 19.8. The van der Waals surface area contributed by atoms with Crippen LogP contribution in [-0.2, 0) is 10.0 Å². The van der Waals surface area contributed by atoms with Crippen LogP contribution in [0.1, 0.15) is 12.0 Å². The second-order valence-electron chi connectivity index (χ2n) is 5.96. The highest BCUT2D eigenvalue weighted by atomic mass is 127. The molecule has 1 heterocycles. The number of rotatable bonds is 5. The molecule has 0 unspecified atom stereocenters. The van der Waals surface area contributed by atoms with Crippen molar-refractivity contribution >= 4 is 78.8 Å². The number of nitrogens with zero attached hydrogens (tertiary/aromatic N) is 2. The number of anilines is 1. The molecule has 0 bridgehead atoms. The van der Waals surface area contributed by atoms with E-state index in [1.165, 1.54) is 0 Å². The molecular formula is C17H15Cl3IN3O2S. The lowest BCUT2D eigenvalue weighted by Gasteiger charge is -2.19. The number of hydrogen-bond donors (Lipinski definition) is 1. The van der Waals surface area contributed by atoms with Crippen molar-refractivity contribution < 1.29 is 8.42 Å². The van der Waals surface area contributed by atoms with Crippen LogP contribution in [0.15, 0.2) is 46.4 Å². The second-order valence-corrected chi connectivity index (χ2v) is 10.3. The molecule has 0 amide bonds. The number of benzene rings is 2. The van der Waals surface area contributed by atoms with Crippen LogP contribution < -0.4 is 9.73 Å². The van der Waals surface area contributed by atoms with Crippen molar-refractivity contribution in [1.29, 1.82) is 0 Å². The van der Waals surface area contributed by atoms with Crippen molar-refractivity contribution in [1.82, 2.24) is 4.72 Å². The van der Waals surface area contributed by atoms with Crippen LogP contribution in [0.3, 0.4) is 0 Å². The fourth-order valence-corrected chi connectivity index (χ4v) is 6.00. The van der Waals surface area contributed by atoms with Gasteiger partial charge < -0.3 is 0 Å². The van der Waals surface area contributed by atoms with Crippen molar-refractivity contribution in [2.24, 2.45) is 5.10 Å². The van der Waals surface area contributed by atoms with Crippen molar-refractivity contribution in [2.45, 2.75) is 22.3 Å². The minimum atomic E-state index is -3.75. The van der Waals surface area contributed by atoms with Gasteiger partial charge in [-0.05, 0) is 36.8 Å². The Morgan fingerprint density at radius 3 is 2.63 bits per heavy atom. The minimum absolute atomic E-state index is 0.0165. The van der Waals surface area contributed by atoms with E-state index in [1.54, 1.807) is 48.3 Å². The number of nitrogens with one attached hydrogen (secondary N) is 1. The first-order valence-corrected chi connectivity index (χ1v) is 11.7. The largest absolute Gasteiger partial charge is 0.251 e. The molecule has 0 aliphatic carbocycles. The van der Waals surface area contributed by atoms with E-state index in [2.05, 4.69) is 32.4 Å². The van der Waals surface area contributed by atoms with Gasteiger partial charge in [-0.15, -0.1) is 0 Å². The van der Waals surface area contributed by atoms with Gasteiger partial charge >= 0.3 is 0 Å². The highest BCUT2D eigenvalue weighted by Crippen LogP contribution is 2.35. The predicted octanol–water partition coefficient (Wildman–Crippen LogP) is 5.26. The Morgan fingerprint density at radius 2 is 1.96 bits per heavy atom. The van der Waals surface area contributed by atoms with Crippen LogP contribution >= 0.6 is 57.4 Å². The first-order valence-electron chi connectivity index (χ1n) is 7.88. The molecule has 27 heavy (non-hydrogen) atoms. The van der Waals surface area contributed by atoms with Crippen LogP contribution in [0.4, 0.5) is 5.69 Å². The van der Waals surface area contributed by atoms with E-state index in [1.807, 2.05) is 0 Å². The monoisotopic (exact) mass is 557 g/mol. The Morgan fingerprint density at radius 1 is 1.22 bits per heavy atom. The normalized spacial score (nSPS) is 17.3. The van der Waals surface area contributed by atoms with E-state index in [0.717, 1.165) is 5.69 Å². The van der Waals surface area contributed by atoms with Crippen molar-refractivity contribution in [3.63, 3.8) is 0 Å². The van der Waals surface area contributed by atoms with Crippen LogP contribution in [0.5, 0.6) is 0 Å². The quantitative estimate of drug-likeness (QED) is 0.309. The lowest BCUT2D eigenvalue weighted by Crippen LogP contribution is -2.30. The third-order valence-electron chi connectivity index (χ3n) is 3.97. The highest BCUT2D eigenvalue weighted by molar-refractivity contribution is 14.1. The molecule has 0 saturated heterocycles. The summed E-state index contributed by atoms with van der Waals surface area (Å²) in [6.45, 7) is 1.80. The van der Waals surface area contributed by atoms with E-state index < -0.39 is 10.0 Å². The Balaban J connectivity index is 1.78. The molecule has 5 nitrogen and oxygen atoms in total. The number of alkyl halides is 1. The molecular weight excluding hydrogens is 544 g/mol. The molecule has 0 spiro atoms. The molecule has 144 valence electrons. The first-order chi connectivity index (χ1) is 12.7. The lowest BCUT2D eigenvalue weighted by atomic mass is 10.2. The van der Waals surface area contributed by atoms with E-state index in [0.29, 0.717) is 27.7 Å². The van der Waals surface area contributed by atoms with E-state index >= 15 is 0 Å². The van der Waals surface area contributed by atoms with Gasteiger partial charge in [-0.2, -0.15) is 5.10 Å². The zero-order valence-corrected chi connectivity index (χ0v) is 19.3. The van der Waals surface area contributed by atoms with Gasteiger partial charge in [0.15, 0.2) is 0 Å². The van der Waals surface area contributed by atoms with Crippen LogP contribution in [0, 0.1) is 6.92 Å². The SMILES string of the molecule is Cc1cccc(Cl)c1S(=O)(=O)NCC1=NN(c2ccc(Cl)cc2Cl)[C@H](I)C1. The first kappa shape index (κ1) is 21.1. The molecule has 0 fully saturated rings. The highest BCUT2D eigenvalue weighted by Gasteiger charge is 2.28. The number of sulfonamides is 1. The molecule has 2 aromatic rings. The topological polar surface area (TPSA) is 61.8 Å². The van der Waals surface area contributed by atoms with Gasteiger partial charge in [-0.1, -0.05) is 69.5 Å². The zero-order valence-electron chi connectivity index (χ0n) is 14.1. The average Bonchev–Trinajstić information content (AvgIpc) is 2.93. The fourth-order valence-electron chi connectivity index (χ4n) is 2.72. The molecule has 3 rings (SSSR count). The number of hydrogen-bond acceptors (Lipinski definition) is 4. The molecule has 1 N–H and O–H groups in total. The van der Waals surface area contributed by atoms with Crippen molar-refractivity contribution in [2.75, 3.05) is 11.6 Å². The molecule has 1 aliphatic heterocycles. The standard InChI is InChI=1S/C17H15Cl3IN3O2S/c1-10-3-2-4-13(19)17(10)27(25,26)22-9-12-8-16(21)24(23-12)15-6-5-11(18)7-14(15)20/h2-7,16,22H,8-9H2,1H3/t16-/m0/s1. The van der Waals surface area contributed by atoms with Crippen LogP contribution in [-0.4, -0.2) is 24.7 Å². The summed E-state index contributed by atoms with van der Waals surface area (Å²) in [6.07, 6.45) is 0.601. The fraction of sp³-hybridized carbons (Fsp3) is 0.235. The third-order valence-corrected chi connectivity index (χ3v) is 7.51. The number of aryl methyl sites for hydroxylation is 1. The van der Waals surface area contributed by atoms with Gasteiger partial charge in [-0.25, -0.2) is 13.1 Å². The van der Waals surface area contributed by atoms with Gasteiger partial charge in [-0.3, -0.25) is 5.01 Å². The maximum absolute atomic E-state index is 12.7. The number of hydrazone groups is 1. The maximum Gasteiger partial charge on any atom is 0.242 e. The summed E-state index contributed by atoms with van der Waals surface area (Å²) in [4.78, 5) is 0.0916. The number of halogens is 4. The summed E-state index contributed by atoms with van der Waals surface area (Å²) >= 11 is 20.5. The smallest absolute Gasteiger partial charge is 0.242 e. The summed E-state index contributed by atoms with van der Waals surface area (Å²) in [5.74, 6) is 0. The Hall–Kier alpha value is -0.580.